The first-order valence-electron chi connectivity index (χ1n) is 5.88. The van der Waals surface area contributed by atoms with E-state index >= 15 is 0 Å². The lowest BCUT2D eigenvalue weighted by molar-refractivity contribution is 0.0210. The molecule has 17 heavy (non-hydrogen) atoms. The van der Waals surface area contributed by atoms with Crippen molar-refractivity contribution in [2.24, 2.45) is 5.41 Å². The molecule has 0 atom stereocenters. The maximum Gasteiger partial charge on any atom is 0.410 e. The third kappa shape index (κ3) is 6.13. The van der Waals surface area contributed by atoms with Gasteiger partial charge in [-0.1, -0.05) is 13.8 Å². The fraction of sp³-hybridized carbons (Fsp3) is 0.917. The van der Waals surface area contributed by atoms with Crippen LogP contribution in [0.1, 0.15) is 34.6 Å². The van der Waals surface area contributed by atoms with Crippen LogP contribution in [-0.4, -0.2) is 42.8 Å². The van der Waals surface area contributed by atoms with Crippen LogP contribution in [0.3, 0.4) is 0 Å². The van der Waals surface area contributed by atoms with Crippen molar-refractivity contribution in [2.45, 2.75) is 40.2 Å². The molecule has 102 valence electrons. The van der Waals surface area contributed by atoms with Gasteiger partial charge < -0.3 is 15.0 Å². The molecule has 0 aliphatic carbocycles. The molecule has 1 fully saturated rings. The van der Waals surface area contributed by atoms with Crippen LogP contribution in [-0.2, 0) is 4.74 Å². The Morgan fingerprint density at radius 2 is 1.94 bits per heavy atom. The van der Waals surface area contributed by atoms with Crippen LogP contribution in [0.15, 0.2) is 0 Å². The average Bonchev–Trinajstić information content (AvgIpc) is 2.23. The summed E-state index contributed by atoms with van der Waals surface area (Å²) in [6.45, 7) is 13.2. The number of halogens is 1. The van der Waals surface area contributed by atoms with Gasteiger partial charge in [0.15, 0.2) is 0 Å². The van der Waals surface area contributed by atoms with Gasteiger partial charge in [0.1, 0.15) is 5.60 Å². The van der Waals surface area contributed by atoms with Crippen molar-refractivity contribution in [3.63, 3.8) is 0 Å². The summed E-state index contributed by atoms with van der Waals surface area (Å²) in [5.41, 5.74) is -0.311. The Morgan fingerprint density at radius 1 is 1.35 bits per heavy atom. The Labute approximate surface area is 110 Å². The molecule has 0 bridgehead atoms. The van der Waals surface area contributed by atoms with E-state index in [1.54, 1.807) is 4.90 Å². The summed E-state index contributed by atoms with van der Waals surface area (Å²) in [6.07, 6.45) is -0.204. The molecule has 0 radical (unpaired) electrons. The molecule has 0 spiro atoms. The summed E-state index contributed by atoms with van der Waals surface area (Å²) in [6, 6.07) is 0. The van der Waals surface area contributed by atoms with Gasteiger partial charge in [-0.2, -0.15) is 0 Å². The zero-order chi connectivity index (χ0) is 12.4. The highest BCUT2D eigenvalue weighted by molar-refractivity contribution is 5.85. The molecule has 1 aliphatic rings. The number of hydrogen-bond acceptors (Lipinski definition) is 3. The van der Waals surface area contributed by atoms with Gasteiger partial charge in [-0.25, -0.2) is 4.79 Å². The summed E-state index contributed by atoms with van der Waals surface area (Å²) in [4.78, 5) is 13.7. The summed E-state index contributed by atoms with van der Waals surface area (Å²) in [5.74, 6) is 0. The molecule has 0 aromatic rings. The summed E-state index contributed by atoms with van der Waals surface area (Å²) < 4.78 is 5.39. The lowest BCUT2D eigenvalue weighted by atomic mass is 9.93. The Morgan fingerprint density at radius 3 is 2.47 bits per heavy atom. The molecule has 1 N–H and O–H groups in total. The average molecular weight is 265 g/mol. The minimum absolute atomic E-state index is 0. The highest BCUT2D eigenvalue weighted by atomic mass is 35.5. The maximum atomic E-state index is 11.9. The zero-order valence-corrected chi connectivity index (χ0v) is 12.3. The molecule has 5 heteroatoms. The Balaban J connectivity index is 0.00000256. The number of carbonyl (C=O) groups excluding carboxylic acids is 1. The van der Waals surface area contributed by atoms with E-state index in [0.717, 1.165) is 26.2 Å². The fourth-order valence-electron chi connectivity index (χ4n) is 1.77. The van der Waals surface area contributed by atoms with Crippen LogP contribution in [0.2, 0.25) is 0 Å². The third-order valence-corrected chi connectivity index (χ3v) is 2.43. The Hall–Kier alpha value is -0.480. The summed E-state index contributed by atoms with van der Waals surface area (Å²) >= 11 is 0. The molecule has 1 saturated heterocycles. The molecule has 0 unspecified atom stereocenters. The predicted molar refractivity (Wildman–Crippen MR) is 71.7 cm³/mol. The van der Waals surface area contributed by atoms with E-state index in [-0.39, 0.29) is 23.9 Å². The number of nitrogens with one attached hydrogen (secondary N) is 1. The van der Waals surface area contributed by atoms with Crippen LogP contribution < -0.4 is 5.32 Å². The molecule has 0 aromatic heterocycles. The fourth-order valence-corrected chi connectivity index (χ4v) is 1.77. The van der Waals surface area contributed by atoms with Gasteiger partial charge in [0, 0.05) is 26.2 Å². The van der Waals surface area contributed by atoms with E-state index < -0.39 is 5.60 Å². The second-order valence-corrected chi connectivity index (χ2v) is 6.24. The number of nitrogens with zero attached hydrogens (tertiary/aromatic N) is 1. The first-order valence-corrected chi connectivity index (χ1v) is 5.88. The van der Waals surface area contributed by atoms with Gasteiger partial charge in [0.2, 0.25) is 0 Å². The summed E-state index contributed by atoms with van der Waals surface area (Å²) in [7, 11) is 0. The van der Waals surface area contributed by atoms with Gasteiger partial charge in [-0.05, 0) is 26.2 Å². The minimum Gasteiger partial charge on any atom is -0.444 e. The van der Waals surface area contributed by atoms with Crippen molar-refractivity contribution in [2.75, 3.05) is 26.2 Å². The SMILES string of the molecule is CC1(C)CNCCN(C(=O)OC(C)(C)C)C1.Cl. The zero-order valence-electron chi connectivity index (χ0n) is 11.5. The quantitative estimate of drug-likeness (QED) is 0.730. The maximum absolute atomic E-state index is 11.9. The van der Waals surface area contributed by atoms with E-state index in [1.807, 2.05) is 20.8 Å². The van der Waals surface area contributed by atoms with E-state index in [0.29, 0.717) is 0 Å². The molecule has 1 aliphatic heterocycles. The van der Waals surface area contributed by atoms with Crippen molar-refractivity contribution in [1.29, 1.82) is 0 Å². The molecular formula is C12H25ClN2O2. The van der Waals surface area contributed by atoms with Gasteiger partial charge in [0.25, 0.3) is 0 Å². The molecule has 1 rings (SSSR count). The molecule has 1 heterocycles. The van der Waals surface area contributed by atoms with E-state index in [2.05, 4.69) is 19.2 Å². The van der Waals surface area contributed by atoms with Crippen LogP contribution in [0.4, 0.5) is 4.79 Å². The highest BCUT2D eigenvalue weighted by Gasteiger charge is 2.29. The summed E-state index contributed by atoms with van der Waals surface area (Å²) in [5, 5.41) is 3.34. The predicted octanol–water partition coefficient (Wildman–Crippen LogP) is 2.27. The Bertz CT molecular complexity index is 262. The molecule has 1 amide bonds. The molecule has 0 saturated carbocycles. The van der Waals surface area contributed by atoms with Crippen LogP contribution >= 0.6 is 12.4 Å². The van der Waals surface area contributed by atoms with Gasteiger partial charge in [0.05, 0.1) is 0 Å². The minimum atomic E-state index is -0.416. The largest absolute Gasteiger partial charge is 0.444 e. The number of rotatable bonds is 0. The van der Waals surface area contributed by atoms with Crippen molar-refractivity contribution in [1.82, 2.24) is 10.2 Å². The number of hydrogen-bond donors (Lipinski definition) is 1. The highest BCUT2D eigenvalue weighted by Crippen LogP contribution is 2.19. The topological polar surface area (TPSA) is 41.6 Å². The van der Waals surface area contributed by atoms with Gasteiger partial charge >= 0.3 is 6.09 Å². The standard InChI is InChI=1S/C12H24N2O2.ClH/c1-11(2,3)16-10(15)14-7-6-13-8-12(4,5)9-14;/h13H,6-9H2,1-5H3;1H. The third-order valence-electron chi connectivity index (χ3n) is 2.43. The first-order chi connectivity index (χ1) is 7.20. The normalized spacial score (nSPS) is 20.2. The number of amides is 1. The number of ether oxygens (including phenoxy) is 1. The van der Waals surface area contributed by atoms with Gasteiger partial charge in [-0.15, -0.1) is 12.4 Å². The van der Waals surface area contributed by atoms with E-state index in [4.69, 9.17) is 4.74 Å². The first kappa shape index (κ1) is 16.5. The smallest absolute Gasteiger partial charge is 0.410 e. The molecule has 0 aromatic carbocycles. The molecular weight excluding hydrogens is 240 g/mol. The van der Waals surface area contributed by atoms with Crippen molar-refractivity contribution in [3.05, 3.63) is 0 Å². The van der Waals surface area contributed by atoms with Crippen molar-refractivity contribution >= 4 is 18.5 Å². The lowest BCUT2D eigenvalue weighted by Gasteiger charge is -2.31. The number of carbonyl (C=O) groups is 1. The van der Waals surface area contributed by atoms with Crippen LogP contribution in [0.25, 0.3) is 0 Å². The second kappa shape index (κ2) is 5.91. The van der Waals surface area contributed by atoms with E-state index in [1.165, 1.54) is 0 Å². The van der Waals surface area contributed by atoms with Crippen molar-refractivity contribution in [3.8, 4) is 0 Å². The monoisotopic (exact) mass is 264 g/mol. The second-order valence-electron chi connectivity index (χ2n) is 6.24. The van der Waals surface area contributed by atoms with E-state index in [9.17, 15) is 4.79 Å². The van der Waals surface area contributed by atoms with Gasteiger partial charge in [-0.3, -0.25) is 0 Å². The van der Waals surface area contributed by atoms with Crippen molar-refractivity contribution < 1.29 is 9.53 Å². The Kier molecular flexibility index (Phi) is 5.75. The lowest BCUT2D eigenvalue weighted by Crippen LogP contribution is -2.42. The van der Waals surface area contributed by atoms with Crippen LogP contribution in [0.5, 0.6) is 0 Å². The molecule has 4 nitrogen and oxygen atoms in total. The van der Waals surface area contributed by atoms with Crippen LogP contribution in [0, 0.1) is 5.41 Å².